The van der Waals surface area contributed by atoms with Crippen LogP contribution in [-0.2, 0) is 14.6 Å². The third kappa shape index (κ3) is 11.6. The van der Waals surface area contributed by atoms with E-state index in [9.17, 15) is 18.0 Å². The van der Waals surface area contributed by atoms with Crippen LogP contribution < -0.4 is 20.1 Å². The van der Waals surface area contributed by atoms with Crippen LogP contribution in [0.1, 0.15) is 23.8 Å². The van der Waals surface area contributed by atoms with Crippen LogP contribution in [0.4, 0.5) is 5.69 Å². The first-order valence-corrected chi connectivity index (χ1v) is 14.4. The Morgan fingerprint density at radius 3 is 2.43 bits per heavy atom. The summed E-state index contributed by atoms with van der Waals surface area (Å²) in [6.45, 7) is 1.61. The van der Waals surface area contributed by atoms with Crippen molar-refractivity contribution in [2.75, 3.05) is 43.7 Å². The molecular formula is C27H33ClN6O7S. The second-order valence-electron chi connectivity index (χ2n) is 8.05. The largest absolute Gasteiger partial charge is 0.493 e. The normalized spacial score (nSPS) is 10.5. The zero-order valence-corrected chi connectivity index (χ0v) is 25.0. The van der Waals surface area contributed by atoms with E-state index in [0.29, 0.717) is 46.3 Å². The molecule has 226 valence electrons. The van der Waals surface area contributed by atoms with Crippen molar-refractivity contribution in [1.29, 1.82) is 0 Å². The first-order chi connectivity index (χ1) is 20.0. The lowest BCUT2D eigenvalue weighted by molar-refractivity contribution is -0.135. The molecule has 0 atom stereocenters. The number of terminal acetylenes is 1. The van der Waals surface area contributed by atoms with E-state index >= 15 is 0 Å². The van der Waals surface area contributed by atoms with Gasteiger partial charge in [0.25, 0.3) is 0 Å². The summed E-state index contributed by atoms with van der Waals surface area (Å²) in [6.07, 6.45) is 15.2. The zero-order chi connectivity index (χ0) is 31.7. The topological polar surface area (TPSA) is 179 Å². The fraction of sp³-hybridized carbons (Fsp3) is 0.296. The fourth-order valence-electron chi connectivity index (χ4n) is 3.04. The molecule has 0 amide bonds. The number of hydrogen-bond acceptors (Lipinski definition) is 10. The molecule has 0 fully saturated rings. The van der Waals surface area contributed by atoms with Gasteiger partial charge in [0.2, 0.25) is 0 Å². The number of hydrogen-bond donors (Lipinski definition) is 2. The molecule has 2 heterocycles. The summed E-state index contributed by atoms with van der Waals surface area (Å²) in [4.78, 5) is 30.8. The molecule has 0 bridgehead atoms. The van der Waals surface area contributed by atoms with Crippen molar-refractivity contribution >= 4 is 45.7 Å². The molecule has 3 aromatic rings. The number of carboxylic acids is 1. The Morgan fingerprint density at radius 2 is 1.88 bits per heavy atom. The van der Waals surface area contributed by atoms with Crippen molar-refractivity contribution in [3.8, 4) is 35.7 Å². The maximum atomic E-state index is 11.6. The van der Waals surface area contributed by atoms with Gasteiger partial charge in [0.15, 0.2) is 23.6 Å². The van der Waals surface area contributed by atoms with Crippen molar-refractivity contribution < 1.29 is 32.6 Å². The highest BCUT2D eigenvalue weighted by Gasteiger charge is 2.12. The summed E-state index contributed by atoms with van der Waals surface area (Å²) in [7, 11) is 0.293. The summed E-state index contributed by atoms with van der Waals surface area (Å²) in [5, 5.41) is 12.4. The second kappa shape index (κ2) is 18.1. The molecular weight excluding hydrogens is 588 g/mol. The zero-order valence-electron chi connectivity index (χ0n) is 23.4. The van der Waals surface area contributed by atoms with Crippen LogP contribution in [0.3, 0.4) is 0 Å². The van der Waals surface area contributed by atoms with Gasteiger partial charge in [0, 0.05) is 48.7 Å². The monoisotopic (exact) mass is 620 g/mol. The minimum atomic E-state index is -3.03. The van der Waals surface area contributed by atoms with Crippen molar-refractivity contribution in [2.24, 2.45) is 10.8 Å². The number of halogens is 1. The van der Waals surface area contributed by atoms with Crippen molar-refractivity contribution in [1.82, 2.24) is 14.6 Å². The molecule has 0 aliphatic rings. The number of nitrogens with zero attached hydrogens (tertiary/aromatic N) is 5. The molecule has 15 heteroatoms. The van der Waals surface area contributed by atoms with Gasteiger partial charge in [-0.2, -0.15) is 5.10 Å². The van der Waals surface area contributed by atoms with E-state index in [-0.39, 0.29) is 24.7 Å². The summed E-state index contributed by atoms with van der Waals surface area (Å²) in [6, 6.07) is 6.97. The Morgan fingerprint density at radius 1 is 1.24 bits per heavy atom. The summed E-state index contributed by atoms with van der Waals surface area (Å²) in [5.74, 6) is 0.663. The highest BCUT2D eigenvalue weighted by Crippen LogP contribution is 2.31. The number of sulfone groups is 1. The Balaban J connectivity index is 0.00000114. The van der Waals surface area contributed by atoms with Crippen LogP contribution in [-0.4, -0.2) is 85.6 Å². The molecule has 42 heavy (non-hydrogen) atoms. The molecule has 2 aromatic heterocycles. The molecule has 13 nitrogen and oxygen atoms in total. The maximum absolute atomic E-state index is 11.6. The molecule has 0 radical (unpaired) electrons. The maximum Gasteiger partial charge on any atom is 0.317 e. The molecule has 1 aromatic carbocycles. The number of anilines is 1. The summed E-state index contributed by atoms with van der Waals surface area (Å²) < 4.78 is 35.8. The van der Waals surface area contributed by atoms with Crippen LogP contribution >= 0.6 is 11.6 Å². The van der Waals surface area contributed by atoms with Gasteiger partial charge in [-0.25, -0.2) is 23.1 Å². The predicted molar refractivity (Wildman–Crippen MR) is 162 cm³/mol. The van der Waals surface area contributed by atoms with Crippen LogP contribution in [0.15, 0.2) is 48.0 Å². The first-order valence-electron chi connectivity index (χ1n) is 12.2. The summed E-state index contributed by atoms with van der Waals surface area (Å²) >= 11 is 5.84. The van der Waals surface area contributed by atoms with Crippen LogP contribution in [0.25, 0.3) is 11.4 Å². The van der Waals surface area contributed by atoms with Gasteiger partial charge in [-0.05, 0) is 24.6 Å². The van der Waals surface area contributed by atoms with E-state index in [1.54, 1.807) is 49.6 Å². The number of ether oxygens (including phenoxy) is 2. The van der Waals surface area contributed by atoms with Crippen LogP contribution in [0.2, 0.25) is 5.02 Å². The van der Waals surface area contributed by atoms with Crippen molar-refractivity contribution in [2.45, 2.75) is 13.3 Å². The van der Waals surface area contributed by atoms with Gasteiger partial charge in [-0.15, -0.1) is 12.8 Å². The minimum Gasteiger partial charge on any atom is -0.493 e. The first kappa shape index (κ1) is 35.6. The average molecular weight is 621 g/mol. The third-order valence-corrected chi connectivity index (χ3v) is 7.19. The minimum absolute atomic E-state index is 0.0805. The van der Waals surface area contributed by atoms with E-state index in [0.717, 1.165) is 5.69 Å². The molecule has 0 saturated carbocycles. The number of benzene rings is 1. The van der Waals surface area contributed by atoms with E-state index in [1.807, 2.05) is 6.07 Å². The van der Waals surface area contributed by atoms with E-state index in [4.69, 9.17) is 26.2 Å². The Bertz CT molecular complexity index is 1460. The van der Waals surface area contributed by atoms with Crippen molar-refractivity contribution in [3.63, 3.8) is 0 Å². The smallest absolute Gasteiger partial charge is 0.317 e. The van der Waals surface area contributed by atoms with Crippen LogP contribution in [0.5, 0.6) is 11.5 Å². The highest BCUT2D eigenvalue weighted by atomic mass is 35.5. The van der Waals surface area contributed by atoms with Gasteiger partial charge in [-0.1, -0.05) is 18.5 Å². The SMILES string of the molecule is C#C.CCS(=O)(=O)CCCOc1ccc(N(C)/C=N\n2cc(-c3ncc(Cl)cn3)cc2C=O)cc1OC.NCC(=O)O. The molecule has 0 aliphatic carbocycles. The second-order valence-corrected chi connectivity index (χ2v) is 11.0. The lowest BCUT2D eigenvalue weighted by atomic mass is 10.2. The molecule has 0 spiro atoms. The number of aromatic nitrogens is 3. The van der Waals surface area contributed by atoms with Gasteiger partial charge < -0.3 is 25.2 Å². The highest BCUT2D eigenvalue weighted by molar-refractivity contribution is 7.91. The number of rotatable bonds is 13. The van der Waals surface area contributed by atoms with E-state index < -0.39 is 15.8 Å². The number of nitrogens with two attached hydrogens (primary N) is 1. The van der Waals surface area contributed by atoms with Gasteiger partial charge in [-0.3, -0.25) is 9.59 Å². The number of carbonyl (C=O) groups excluding carboxylic acids is 1. The van der Waals surface area contributed by atoms with Gasteiger partial charge >= 0.3 is 5.97 Å². The molecule has 0 unspecified atom stereocenters. The van der Waals surface area contributed by atoms with Gasteiger partial charge in [0.05, 0.1) is 31.0 Å². The lowest BCUT2D eigenvalue weighted by Crippen LogP contribution is -2.15. The number of aliphatic carboxylic acids is 1. The van der Waals surface area contributed by atoms with Gasteiger partial charge in [0.1, 0.15) is 21.9 Å². The number of carbonyl (C=O) groups is 2. The Kier molecular flexibility index (Phi) is 15.3. The number of methoxy groups -OCH3 is 1. The average Bonchev–Trinajstić information content (AvgIpc) is 3.43. The van der Waals surface area contributed by atoms with E-state index in [2.05, 4.69) is 33.6 Å². The summed E-state index contributed by atoms with van der Waals surface area (Å²) in [5.41, 5.74) is 6.28. The fourth-order valence-corrected chi connectivity index (χ4v) is 3.98. The molecule has 0 saturated heterocycles. The van der Waals surface area contributed by atoms with Crippen LogP contribution in [0, 0.1) is 12.8 Å². The van der Waals surface area contributed by atoms with E-state index in [1.165, 1.54) is 24.2 Å². The number of carboxylic acid groups (broad SMARTS) is 1. The molecule has 3 rings (SSSR count). The quantitative estimate of drug-likeness (QED) is 0.0943. The van der Waals surface area contributed by atoms with Crippen molar-refractivity contribution in [3.05, 3.63) is 53.6 Å². The molecule has 3 N–H and O–H groups in total. The standard InChI is InChI=1S/C23H26ClN5O5S.C2H5NO2.C2H2/c1-4-35(31,32)9-5-8-34-21-7-6-19(11-22(21)33-3)28(2)16-27-29-14-17(10-20(29)15-30)23-25-12-18(24)13-26-23;3-1-2(4)5;1-2/h6-7,10-16H,4-5,8-9H2,1-3H3;1,3H2,(H,4,5);1-2H/b27-16-;;. The number of aldehydes is 1. The Hall–Kier alpha value is -4.45. The molecule has 0 aliphatic heterocycles. The lowest BCUT2D eigenvalue weighted by Gasteiger charge is -2.17. The predicted octanol–water partition coefficient (Wildman–Crippen LogP) is 2.83. The Labute approximate surface area is 249 Å². The third-order valence-electron chi connectivity index (χ3n) is 5.20.